The van der Waals surface area contributed by atoms with Gasteiger partial charge in [-0.3, -0.25) is 0 Å². The molecule has 0 atom stereocenters. The van der Waals surface area contributed by atoms with Crippen molar-refractivity contribution in [1.82, 2.24) is 14.8 Å². The van der Waals surface area contributed by atoms with E-state index in [0.717, 1.165) is 0 Å². The van der Waals surface area contributed by atoms with E-state index in [1.807, 2.05) is 0 Å². The number of hydrogen-bond donors (Lipinski definition) is 2. The molecule has 4 N–H and O–H groups in total. The zero-order valence-electron chi connectivity index (χ0n) is 4.90. The quantitative estimate of drug-likeness (QED) is 0.516. The van der Waals surface area contributed by atoms with Crippen LogP contribution in [0.15, 0.2) is 0 Å². The molecular weight excluding hydrogens is 142 g/mol. The van der Waals surface area contributed by atoms with E-state index in [0.29, 0.717) is 5.95 Å². The Bertz CT molecular complexity index is 175. The standard InChI is InChI=1S/C3H7N5.ClH/c1-8-3(5)6-2(4)7-8;/h1H3,(H4,4,5,6,7);1H. The normalized spacial score (nSPS) is 8.56. The molecule has 0 radical (unpaired) electrons. The first-order chi connectivity index (χ1) is 3.70. The lowest BCUT2D eigenvalue weighted by molar-refractivity contribution is 0.782. The Hall–Kier alpha value is -0.970. The predicted octanol–water partition coefficient (Wildman–Crippen LogP) is -0.599. The second-order valence-electron chi connectivity index (χ2n) is 1.45. The lowest BCUT2D eigenvalue weighted by Crippen LogP contribution is -1.97. The number of aryl methyl sites for hydroxylation is 1. The van der Waals surface area contributed by atoms with Gasteiger partial charge in [0, 0.05) is 7.05 Å². The van der Waals surface area contributed by atoms with Gasteiger partial charge >= 0.3 is 0 Å². The minimum Gasteiger partial charge on any atom is -0.368 e. The summed E-state index contributed by atoms with van der Waals surface area (Å²) in [6, 6.07) is 0. The SMILES string of the molecule is Cl.Cn1nc(N)nc1N. The predicted molar refractivity (Wildman–Crippen MR) is 37.1 cm³/mol. The van der Waals surface area contributed by atoms with Gasteiger partial charge < -0.3 is 11.5 Å². The highest BCUT2D eigenvalue weighted by atomic mass is 35.5. The summed E-state index contributed by atoms with van der Waals surface area (Å²) >= 11 is 0. The Morgan fingerprint density at radius 1 is 1.44 bits per heavy atom. The molecular formula is C3H8ClN5. The first-order valence-corrected chi connectivity index (χ1v) is 2.12. The summed E-state index contributed by atoms with van der Waals surface area (Å²) in [5.41, 5.74) is 10.4. The number of nitrogen functional groups attached to an aromatic ring is 2. The number of anilines is 2. The molecule has 0 saturated carbocycles. The second kappa shape index (κ2) is 2.54. The van der Waals surface area contributed by atoms with E-state index in [2.05, 4.69) is 10.1 Å². The van der Waals surface area contributed by atoms with Crippen molar-refractivity contribution < 1.29 is 0 Å². The molecule has 0 aliphatic rings. The molecule has 1 aromatic heterocycles. The van der Waals surface area contributed by atoms with E-state index in [4.69, 9.17) is 11.5 Å². The molecule has 5 nitrogen and oxygen atoms in total. The molecule has 1 heterocycles. The van der Waals surface area contributed by atoms with Crippen LogP contribution in [0.5, 0.6) is 0 Å². The van der Waals surface area contributed by atoms with Crippen LogP contribution in [0, 0.1) is 0 Å². The fraction of sp³-hybridized carbons (Fsp3) is 0.333. The van der Waals surface area contributed by atoms with Crippen molar-refractivity contribution in [3.8, 4) is 0 Å². The third-order valence-corrected chi connectivity index (χ3v) is 0.813. The summed E-state index contributed by atoms with van der Waals surface area (Å²) in [6.45, 7) is 0. The van der Waals surface area contributed by atoms with E-state index in [-0.39, 0.29) is 18.4 Å². The highest BCUT2D eigenvalue weighted by Crippen LogP contribution is 1.95. The fourth-order valence-corrected chi connectivity index (χ4v) is 0.417. The average molecular weight is 150 g/mol. The highest BCUT2D eigenvalue weighted by Gasteiger charge is 1.95. The van der Waals surface area contributed by atoms with Crippen molar-refractivity contribution in [2.75, 3.05) is 11.5 Å². The molecule has 0 aromatic carbocycles. The van der Waals surface area contributed by atoms with Gasteiger partial charge in [-0.1, -0.05) is 0 Å². The largest absolute Gasteiger partial charge is 0.368 e. The van der Waals surface area contributed by atoms with Crippen LogP contribution in [0.25, 0.3) is 0 Å². The van der Waals surface area contributed by atoms with Gasteiger partial charge in [0.15, 0.2) is 0 Å². The smallest absolute Gasteiger partial charge is 0.241 e. The second-order valence-corrected chi connectivity index (χ2v) is 1.45. The Labute approximate surface area is 58.5 Å². The highest BCUT2D eigenvalue weighted by molar-refractivity contribution is 5.85. The van der Waals surface area contributed by atoms with Crippen LogP contribution in [-0.2, 0) is 7.05 Å². The van der Waals surface area contributed by atoms with Gasteiger partial charge in [0.2, 0.25) is 11.9 Å². The summed E-state index contributed by atoms with van der Waals surface area (Å²) in [4.78, 5) is 3.62. The topological polar surface area (TPSA) is 82.8 Å². The van der Waals surface area contributed by atoms with Crippen LogP contribution in [0.4, 0.5) is 11.9 Å². The number of nitrogens with zero attached hydrogens (tertiary/aromatic N) is 3. The minimum atomic E-state index is 0. The van der Waals surface area contributed by atoms with Crippen molar-refractivity contribution in [2.24, 2.45) is 7.05 Å². The summed E-state index contributed by atoms with van der Waals surface area (Å²) in [5.74, 6) is 0.549. The maximum atomic E-state index is 5.25. The third-order valence-electron chi connectivity index (χ3n) is 0.813. The molecule has 0 aliphatic heterocycles. The summed E-state index contributed by atoms with van der Waals surface area (Å²) in [5, 5.41) is 3.67. The summed E-state index contributed by atoms with van der Waals surface area (Å²) in [7, 11) is 1.68. The van der Waals surface area contributed by atoms with Crippen LogP contribution in [-0.4, -0.2) is 14.8 Å². The van der Waals surface area contributed by atoms with Gasteiger partial charge in [-0.25, -0.2) is 4.68 Å². The summed E-state index contributed by atoms with van der Waals surface area (Å²) < 4.78 is 1.41. The molecule has 9 heavy (non-hydrogen) atoms. The Kier molecular flexibility index (Phi) is 2.27. The lowest BCUT2D eigenvalue weighted by atomic mass is 11.0. The molecule has 0 amide bonds. The van der Waals surface area contributed by atoms with Crippen molar-refractivity contribution in [3.63, 3.8) is 0 Å². The van der Waals surface area contributed by atoms with E-state index in [1.165, 1.54) is 4.68 Å². The van der Waals surface area contributed by atoms with Gasteiger partial charge in [-0.05, 0) is 0 Å². The average Bonchev–Trinajstić information content (AvgIpc) is 1.85. The zero-order chi connectivity index (χ0) is 6.15. The van der Waals surface area contributed by atoms with E-state index < -0.39 is 0 Å². The van der Waals surface area contributed by atoms with Gasteiger partial charge in [0.25, 0.3) is 0 Å². The Morgan fingerprint density at radius 2 is 2.00 bits per heavy atom. The summed E-state index contributed by atoms with van der Waals surface area (Å²) in [6.07, 6.45) is 0. The number of aromatic nitrogens is 3. The molecule has 0 spiro atoms. The third kappa shape index (κ3) is 1.46. The van der Waals surface area contributed by atoms with Crippen LogP contribution in [0.1, 0.15) is 0 Å². The first kappa shape index (κ1) is 8.03. The molecule has 0 bridgehead atoms. The van der Waals surface area contributed by atoms with E-state index >= 15 is 0 Å². The van der Waals surface area contributed by atoms with Gasteiger partial charge in [0.1, 0.15) is 0 Å². The number of rotatable bonds is 0. The van der Waals surface area contributed by atoms with Crippen molar-refractivity contribution in [3.05, 3.63) is 0 Å². The molecule has 0 unspecified atom stereocenters. The molecule has 6 heteroatoms. The molecule has 0 fully saturated rings. The minimum absolute atomic E-state index is 0. The number of halogens is 1. The van der Waals surface area contributed by atoms with Crippen LogP contribution in [0.2, 0.25) is 0 Å². The maximum absolute atomic E-state index is 5.25. The first-order valence-electron chi connectivity index (χ1n) is 2.12. The van der Waals surface area contributed by atoms with Gasteiger partial charge in [-0.2, -0.15) is 4.98 Å². The van der Waals surface area contributed by atoms with Gasteiger partial charge in [-0.15, -0.1) is 17.5 Å². The van der Waals surface area contributed by atoms with E-state index in [1.54, 1.807) is 7.05 Å². The van der Waals surface area contributed by atoms with Crippen molar-refractivity contribution in [2.45, 2.75) is 0 Å². The molecule has 0 saturated heterocycles. The number of nitrogens with two attached hydrogens (primary N) is 2. The van der Waals surface area contributed by atoms with Gasteiger partial charge in [0.05, 0.1) is 0 Å². The van der Waals surface area contributed by atoms with Crippen molar-refractivity contribution >= 4 is 24.3 Å². The molecule has 0 aliphatic carbocycles. The molecule has 52 valence electrons. The monoisotopic (exact) mass is 149 g/mol. The van der Waals surface area contributed by atoms with E-state index in [9.17, 15) is 0 Å². The molecule has 1 aromatic rings. The Morgan fingerprint density at radius 3 is 2.11 bits per heavy atom. The van der Waals surface area contributed by atoms with Crippen LogP contribution < -0.4 is 11.5 Å². The number of hydrogen-bond acceptors (Lipinski definition) is 4. The maximum Gasteiger partial charge on any atom is 0.241 e. The zero-order valence-corrected chi connectivity index (χ0v) is 5.72. The van der Waals surface area contributed by atoms with Crippen LogP contribution in [0.3, 0.4) is 0 Å². The fourth-order valence-electron chi connectivity index (χ4n) is 0.417. The van der Waals surface area contributed by atoms with Crippen molar-refractivity contribution in [1.29, 1.82) is 0 Å². The Balaban J connectivity index is 0.000000640. The van der Waals surface area contributed by atoms with Crippen LogP contribution >= 0.6 is 12.4 Å². The molecule has 1 rings (SSSR count). The lowest BCUT2D eigenvalue weighted by Gasteiger charge is -1.84.